The van der Waals surface area contributed by atoms with Crippen LogP contribution >= 0.6 is 0 Å². The zero-order valence-corrected chi connectivity index (χ0v) is 9.96. The Bertz CT molecular complexity index is 568. The van der Waals surface area contributed by atoms with Crippen LogP contribution in [0.4, 0.5) is 19.0 Å². The van der Waals surface area contributed by atoms with Crippen LogP contribution in [0, 0.1) is 0 Å². The average Bonchev–Trinajstić information content (AvgIpc) is 3.04. The maximum Gasteiger partial charge on any atom is 0.416 e. The molecule has 0 amide bonds. The van der Waals surface area contributed by atoms with E-state index in [1.807, 2.05) is 0 Å². The van der Waals surface area contributed by atoms with Gasteiger partial charge in [-0.25, -0.2) is 0 Å². The van der Waals surface area contributed by atoms with Crippen LogP contribution in [0.15, 0.2) is 30.3 Å². The lowest BCUT2D eigenvalue weighted by Crippen LogP contribution is -2.03. The second-order valence-corrected chi connectivity index (χ2v) is 4.66. The molecule has 0 radical (unpaired) electrons. The number of hydrogen-bond donors (Lipinski definition) is 2. The number of nitrogens with one attached hydrogen (secondary N) is 2. The first-order valence-corrected chi connectivity index (χ1v) is 6.02. The van der Waals surface area contributed by atoms with Crippen molar-refractivity contribution in [1.82, 2.24) is 10.2 Å². The van der Waals surface area contributed by atoms with Gasteiger partial charge in [0.05, 0.1) is 11.3 Å². The van der Waals surface area contributed by atoms with Gasteiger partial charge < -0.3 is 5.32 Å². The molecule has 100 valence electrons. The Morgan fingerprint density at radius 1 is 1.16 bits per heavy atom. The third-order valence-corrected chi connectivity index (χ3v) is 3.03. The first kappa shape index (κ1) is 12.1. The van der Waals surface area contributed by atoms with Crippen molar-refractivity contribution in [2.45, 2.75) is 25.1 Å². The summed E-state index contributed by atoms with van der Waals surface area (Å²) in [7, 11) is 0. The Morgan fingerprint density at radius 3 is 2.42 bits per heavy atom. The summed E-state index contributed by atoms with van der Waals surface area (Å²) in [6.07, 6.45) is -2.02. The van der Waals surface area contributed by atoms with E-state index in [0.29, 0.717) is 17.3 Å². The normalized spacial score (nSPS) is 15.5. The molecule has 3 nitrogen and oxygen atoms in total. The van der Waals surface area contributed by atoms with Crippen molar-refractivity contribution in [3.8, 4) is 11.3 Å². The molecule has 1 fully saturated rings. The molecular weight excluding hydrogens is 255 g/mol. The highest BCUT2D eigenvalue weighted by molar-refractivity contribution is 5.63. The Hall–Kier alpha value is -1.98. The van der Waals surface area contributed by atoms with Crippen molar-refractivity contribution in [2.75, 3.05) is 5.32 Å². The number of aromatic nitrogens is 2. The van der Waals surface area contributed by atoms with E-state index in [2.05, 4.69) is 15.5 Å². The maximum atomic E-state index is 12.4. The molecule has 6 heteroatoms. The number of halogens is 3. The summed E-state index contributed by atoms with van der Waals surface area (Å²) in [6.45, 7) is 0. The highest BCUT2D eigenvalue weighted by atomic mass is 19.4. The van der Waals surface area contributed by atoms with Gasteiger partial charge in [0.1, 0.15) is 5.82 Å². The monoisotopic (exact) mass is 267 g/mol. The van der Waals surface area contributed by atoms with Gasteiger partial charge in [-0.15, -0.1) is 0 Å². The van der Waals surface area contributed by atoms with Crippen molar-refractivity contribution in [1.29, 1.82) is 0 Å². The molecule has 1 aliphatic carbocycles. The van der Waals surface area contributed by atoms with Gasteiger partial charge in [0.25, 0.3) is 0 Å². The summed E-state index contributed by atoms with van der Waals surface area (Å²) in [4.78, 5) is 0. The summed E-state index contributed by atoms with van der Waals surface area (Å²) in [5.74, 6) is 0.734. The van der Waals surface area contributed by atoms with E-state index in [9.17, 15) is 13.2 Å². The molecule has 1 aromatic heterocycles. The minimum Gasteiger partial charge on any atom is -0.366 e. The molecular formula is C13H12F3N3. The minimum absolute atomic E-state index is 0.490. The molecule has 1 heterocycles. The van der Waals surface area contributed by atoms with Gasteiger partial charge in [-0.3, -0.25) is 5.10 Å². The zero-order valence-electron chi connectivity index (χ0n) is 9.96. The summed E-state index contributed by atoms with van der Waals surface area (Å²) < 4.78 is 37.3. The van der Waals surface area contributed by atoms with Crippen molar-refractivity contribution >= 4 is 5.82 Å². The molecule has 0 unspecified atom stereocenters. The van der Waals surface area contributed by atoms with E-state index in [-0.39, 0.29) is 0 Å². The molecule has 0 atom stereocenters. The SMILES string of the molecule is FC(F)(F)c1ccc(-c2cc(NC3CC3)n[nH]2)cc1. The highest BCUT2D eigenvalue weighted by Gasteiger charge is 2.30. The van der Waals surface area contributed by atoms with Gasteiger partial charge in [-0.1, -0.05) is 12.1 Å². The number of benzene rings is 1. The summed E-state index contributed by atoms with van der Waals surface area (Å²) >= 11 is 0. The molecule has 0 aliphatic heterocycles. The number of H-pyrrole nitrogens is 1. The molecule has 3 rings (SSSR count). The number of anilines is 1. The highest BCUT2D eigenvalue weighted by Crippen LogP contribution is 2.31. The molecule has 1 aromatic carbocycles. The van der Waals surface area contributed by atoms with Gasteiger partial charge in [-0.05, 0) is 30.5 Å². The lowest BCUT2D eigenvalue weighted by molar-refractivity contribution is -0.137. The predicted molar refractivity (Wildman–Crippen MR) is 65.7 cm³/mol. The van der Waals surface area contributed by atoms with E-state index in [4.69, 9.17) is 0 Å². The third-order valence-electron chi connectivity index (χ3n) is 3.03. The number of aromatic amines is 1. The smallest absolute Gasteiger partial charge is 0.366 e. The Kier molecular flexibility index (Phi) is 2.73. The van der Waals surface area contributed by atoms with Gasteiger partial charge in [0, 0.05) is 12.1 Å². The second-order valence-electron chi connectivity index (χ2n) is 4.66. The van der Waals surface area contributed by atoms with E-state index >= 15 is 0 Å². The first-order chi connectivity index (χ1) is 9.02. The van der Waals surface area contributed by atoms with E-state index in [1.165, 1.54) is 12.1 Å². The lowest BCUT2D eigenvalue weighted by Gasteiger charge is -2.06. The van der Waals surface area contributed by atoms with Crippen LogP contribution in [0.3, 0.4) is 0 Å². The quantitative estimate of drug-likeness (QED) is 0.890. The lowest BCUT2D eigenvalue weighted by atomic mass is 10.1. The summed E-state index contributed by atoms with van der Waals surface area (Å²) in [5, 5.41) is 10.1. The molecule has 0 spiro atoms. The predicted octanol–water partition coefficient (Wildman–Crippen LogP) is 3.67. The molecule has 1 saturated carbocycles. The first-order valence-electron chi connectivity index (χ1n) is 6.02. The second kappa shape index (κ2) is 4.29. The van der Waals surface area contributed by atoms with E-state index < -0.39 is 11.7 Å². The van der Waals surface area contributed by atoms with Gasteiger partial charge in [-0.2, -0.15) is 18.3 Å². The van der Waals surface area contributed by atoms with Crippen LogP contribution < -0.4 is 5.32 Å². The fourth-order valence-electron chi connectivity index (χ4n) is 1.82. The van der Waals surface area contributed by atoms with Crippen LogP contribution in [0.25, 0.3) is 11.3 Å². The summed E-state index contributed by atoms with van der Waals surface area (Å²) in [5.41, 5.74) is 0.744. The third kappa shape index (κ3) is 2.72. The Balaban J connectivity index is 1.79. The van der Waals surface area contributed by atoms with E-state index in [1.54, 1.807) is 6.07 Å². The number of hydrogen-bond acceptors (Lipinski definition) is 2. The van der Waals surface area contributed by atoms with Crippen molar-refractivity contribution in [3.63, 3.8) is 0 Å². The van der Waals surface area contributed by atoms with Crippen LogP contribution in [-0.2, 0) is 6.18 Å². The fourth-order valence-corrected chi connectivity index (χ4v) is 1.82. The maximum absolute atomic E-state index is 12.4. The summed E-state index contributed by atoms with van der Waals surface area (Å²) in [6, 6.07) is 7.33. The molecule has 0 bridgehead atoms. The van der Waals surface area contributed by atoms with Crippen molar-refractivity contribution in [2.24, 2.45) is 0 Å². The van der Waals surface area contributed by atoms with Crippen LogP contribution in [0.5, 0.6) is 0 Å². The topological polar surface area (TPSA) is 40.7 Å². The van der Waals surface area contributed by atoms with Crippen molar-refractivity contribution in [3.05, 3.63) is 35.9 Å². The van der Waals surface area contributed by atoms with Crippen LogP contribution in [-0.4, -0.2) is 16.2 Å². The molecule has 2 N–H and O–H groups in total. The van der Waals surface area contributed by atoms with Crippen LogP contribution in [0.1, 0.15) is 18.4 Å². The van der Waals surface area contributed by atoms with E-state index in [0.717, 1.165) is 30.8 Å². The molecule has 19 heavy (non-hydrogen) atoms. The standard InChI is InChI=1S/C13H12F3N3/c14-13(15,16)9-3-1-8(2-4-9)11-7-12(19-18-11)17-10-5-6-10/h1-4,7,10H,5-6H2,(H2,17,18,19). The van der Waals surface area contributed by atoms with Gasteiger partial charge >= 0.3 is 6.18 Å². The Morgan fingerprint density at radius 2 is 1.84 bits per heavy atom. The number of alkyl halides is 3. The molecule has 1 aliphatic rings. The Labute approximate surface area is 107 Å². The van der Waals surface area contributed by atoms with Gasteiger partial charge in [0.2, 0.25) is 0 Å². The largest absolute Gasteiger partial charge is 0.416 e. The molecule has 0 saturated heterocycles. The number of nitrogens with zero attached hydrogens (tertiary/aromatic N) is 1. The van der Waals surface area contributed by atoms with Gasteiger partial charge in [0.15, 0.2) is 0 Å². The molecule has 2 aromatic rings. The van der Waals surface area contributed by atoms with Crippen molar-refractivity contribution < 1.29 is 13.2 Å². The number of rotatable bonds is 3. The zero-order chi connectivity index (χ0) is 13.5. The average molecular weight is 267 g/mol. The minimum atomic E-state index is -4.30. The fraction of sp³-hybridized carbons (Fsp3) is 0.308. The van der Waals surface area contributed by atoms with Crippen LogP contribution in [0.2, 0.25) is 0 Å².